The summed E-state index contributed by atoms with van der Waals surface area (Å²) in [4.78, 5) is 8.25. The van der Waals surface area contributed by atoms with E-state index in [1.165, 1.54) is 0 Å². The molecule has 0 aromatic carbocycles. The Labute approximate surface area is 90.8 Å². The van der Waals surface area contributed by atoms with Crippen molar-refractivity contribution in [1.82, 2.24) is 9.97 Å². The first kappa shape index (κ1) is 9.43. The van der Waals surface area contributed by atoms with Crippen LogP contribution in [0.3, 0.4) is 0 Å². The molecule has 0 saturated heterocycles. The number of nitrogens with one attached hydrogen (secondary N) is 1. The van der Waals surface area contributed by atoms with Gasteiger partial charge in [0.1, 0.15) is 11.0 Å². The molecule has 0 aliphatic carbocycles. The van der Waals surface area contributed by atoms with Gasteiger partial charge >= 0.3 is 0 Å². The van der Waals surface area contributed by atoms with Gasteiger partial charge in [-0.1, -0.05) is 17.7 Å². The molecular weight excluding hydrogens is 218 g/mol. The van der Waals surface area contributed by atoms with Gasteiger partial charge in [0, 0.05) is 5.38 Å². The summed E-state index contributed by atoms with van der Waals surface area (Å²) in [7, 11) is 0. The van der Waals surface area contributed by atoms with Gasteiger partial charge in [-0.15, -0.1) is 11.3 Å². The third-order valence-electron chi connectivity index (χ3n) is 1.65. The van der Waals surface area contributed by atoms with Gasteiger partial charge in [-0.3, -0.25) is 0 Å². The van der Waals surface area contributed by atoms with Crippen LogP contribution >= 0.6 is 22.9 Å². The molecule has 0 saturated carbocycles. The topological polar surface area (TPSA) is 37.8 Å². The van der Waals surface area contributed by atoms with Gasteiger partial charge in [0.2, 0.25) is 0 Å². The molecule has 14 heavy (non-hydrogen) atoms. The first-order valence-corrected chi connectivity index (χ1v) is 5.40. The number of hydrogen-bond donors (Lipinski definition) is 1. The van der Waals surface area contributed by atoms with Crippen molar-refractivity contribution >= 4 is 28.8 Å². The molecule has 0 aliphatic heterocycles. The van der Waals surface area contributed by atoms with E-state index in [4.69, 9.17) is 11.6 Å². The third kappa shape index (κ3) is 2.43. The number of pyridine rings is 1. The lowest BCUT2D eigenvalue weighted by molar-refractivity contribution is 1.05. The fraction of sp³-hybridized carbons (Fsp3) is 0.111. The molecule has 2 rings (SSSR count). The van der Waals surface area contributed by atoms with Crippen LogP contribution in [-0.2, 0) is 6.54 Å². The van der Waals surface area contributed by atoms with Crippen molar-refractivity contribution in [2.45, 2.75) is 6.54 Å². The average Bonchev–Trinajstić information content (AvgIpc) is 2.67. The smallest absolute Gasteiger partial charge is 0.131 e. The van der Waals surface area contributed by atoms with E-state index in [2.05, 4.69) is 15.3 Å². The number of anilines is 1. The molecule has 2 heterocycles. The maximum Gasteiger partial charge on any atom is 0.131 e. The Kier molecular flexibility index (Phi) is 2.96. The number of hydrogen-bond acceptors (Lipinski definition) is 4. The van der Waals surface area contributed by atoms with Crippen LogP contribution in [0.1, 0.15) is 5.69 Å². The summed E-state index contributed by atoms with van der Waals surface area (Å²) >= 11 is 7.32. The molecule has 0 spiro atoms. The molecule has 0 radical (unpaired) electrons. The molecule has 0 aliphatic rings. The fourth-order valence-corrected chi connectivity index (χ4v) is 1.73. The lowest BCUT2D eigenvalue weighted by atomic mass is 10.4. The van der Waals surface area contributed by atoms with Gasteiger partial charge in [-0.05, 0) is 12.1 Å². The monoisotopic (exact) mass is 225 g/mol. The van der Waals surface area contributed by atoms with E-state index >= 15 is 0 Å². The van der Waals surface area contributed by atoms with E-state index < -0.39 is 0 Å². The van der Waals surface area contributed by atoms with E-state index in [1.807, 2.05) is 23.0 Å². The zero-order chi connectivity index (χ0) is 9.80. The van der Waals surface area contributed by atoms with Gasteiger partial charge in [-0.2, -0.15) is 0 Å². The van der Waals surface area contributed by atoms with Crippen LogP contribution in [-0.4, -0.2) is 9.97 Å². The summed E-state index contributed by atoms with van der Waals surface area (Å²) in [5.41, 5.74) is 2.82. The molecule has 5 heteroatoms. The average molecular weight is 226 g/mol. The zero-order valence-corrected chi connectivity index (χ0v) is 8.85. The summed E-state index contributed by atoms with van der Waals surface area (Å²) in [6.07, 6.45) is 0. The van der Waals surface area contributed by atoms with E-state index in [0.717, 1.165) is 11.5 Å². The molecule has 0 fully saturated rings. The first-order valence-electron chi connectivity index (χ1n) is 4.08. The summed E-state index contributed by atoms with van der Waals surface area (Å²) in [5.74, 6) is 0.769. The van der Waals surface area contributed by atoms with Gasteiger partial charge < -0.3 is 5.32 Å². The highest BCUT2D eigenvalue weighted by atomic mass is 35.5. The predicted octanol–water partition coefficient (Wildman–Crippen LogP) is 2.80. The number of aromatic nitrogens is 2. The van der Waals surface area contributed by atoms with Crippen LogP contribution in [0.4, 0.5) is 5.82 Å². The van der Waals surface area contributed by atoms with Crippen molar-refractivity contribution in [1.29, 1.82) is 0 Å². The Morgan fingerprint density at radius 1 is 1.43 bits per heavy atom. The van der Waals surface area contributed by atoms with Crippen molar-refractivity contribution < 1.29 is 0 Å². The van der Waals surface area contributed by atoms with E-state index in [9.17, 15) is 0 Å². The molecule has 1 N–H and O–H groups in total. The molecule has 72 valence electrons. The second-order valence-electron chi connectivity index (χ2n) is 2.68. The molecule has 3 nitrogen and oxygen atoms in total. The highest BCUT2D eigenvalue weighted by Crippen LogP contribution is 2.10. The molecule has 0 bridgehead atoms. The quantitative estimate of drug-likeness (QED) is 0.817. The second kappa shape index (κ2) is 4.39. The summed E-state index contributed by atoms with van der Waals surface area (Å²) < 4.78 is 0. The number of halogens is 1. The molecule has 2 aromatic heterocycles. The van der Waals surface area contributed by atoms with Crippen LogP contribution in [0.5, 0.6) is 0 Å². The summed E-state index contributed by atoms with van der Waals surface area (Å²) in [6, 6.07) is 5.48. The highest BCUT2D eigenvalue weighted by molar-refractivity contribution is 7.07. The van der Waals surface area contributed by atoms with Crippen molar-refractivity contribution in [3.63, 3.8) is 0 Å². The first-order chi connectivity index (χ1) is 6.84. The number of nitrogens with zero attached hydrogens (tertiary/aromatic N) is 2. The fourth-order valence-electron chi connectivity index (χ4n) is 1.01. The standard InChI is InChI=1S/C9H8ClN3S/c10-8-2-1-3-9(13-8)11-4-7-5-14-6-12-7/h1-3,5-6H,4H2,(H,11,13). The van der Waals surface area contributed by atoms with Gasteiger partial charge in [0.25, 0.3) is 0 Å². The van der Waals surface area contributed by atoms with Crippen LogP contribution in [0.2, 0.25) is 5.15 Å². The van der Waals surface area contributed by atoms with Gasteiger partial charge in [0.05, 0.1) is 17.7 Å². The van der Waals surface area contributed by atoms with Crippen LogP contribution in [0.15, 0.2) is 29.1 Å². The SMILES string of the molecule is Clc1cccc(NCc2cscn2)n1. The zero-order valence-electron chi connectivity index (χ0n) is 7.27. The van der Waals surface area contributed by atoms with Crippen molar-refractivity contribution in [2.75, 3.05) is 5.32 Å². The van der Waals surface area contributed by atoms with Crippen molar-refractivity contribution in [3.8, 4) is 0 Å². The van der Waals surface area contributed by atoms with E-state index in [0.29, 0.717) is 11.7 Å². The van der Waals surface area contributed by atoms with Crippen molar-refractivity contribution in [2.24, 2.45) is 0 Å². The predicted molar refractivity (Wildman–Crippen MR) is 58.7 cm³/mol. The molecule has 0 amide bonds. The van der Waals surface area contributed by atoms with Crippen molar-refractivity contribution in [3.05, 3.63) is 39.9 Å². The van der Waals surface area contributed by atoms with Crippen LogP contribution in [0.25, 0.3) is 0 Å². The van der Waals surface area contributed by atoms with E-state index in [1.54, 1.807) is 17.4 Å². The molecule has 0 unspecified atom stereocenters. The largest absolute Gasteiger partial charge is 0.364 e. The lowest BCUT2D eigenvalue weighted by Gasteiger charge is -2.02. The third-order valence-corrected chi connectivity index (χ3v) is 2.49. The number of rotatable bonds is 3. The minimum absolute atomic E-state index is 0.494. The Bertz CT molecular complexity index is 402. The summed E-state index contributed by atoms with van der Waals surface area (Å²) in [5, 5.41) is 5.63. The van der Waals surface area contributed by atoms with Gasteiger partial charge in [-0.25, -0.2) is 9.97 Å². The Balaban J connectivity index is 1.98. The molecular formula is C9H8ClN3S. The number of thiazole rings is 1. The van der Waals surface area contributed by atoms with Gasteiger partial charge in [0.15, 0.2) is 0 Å². The minimum Gasteiger partial charge on any atom is -0.364 e. The normalized spacial score (nSPS) is 10.1. The van der Waals surface area contributed by atoms with Crippen LogP contribution in [0, 0.1) is 0 Å². The Hall–Kier alpha value is -1.13. The minimum atomic E-state index is 0.494. The Morgan fingerprint density at radius 3 is 3.07 bits per heavy atom. The maximum atomic E-state index is 5.74. The lowest BCUT2D eigenvalue weighted by Crippen LogP contribution is -2.01. The van der Waals surface area contributed by atoms with Crippen LogP contribution < -0.4 is 5.32 Å². The molecule has 0 atom stereocenters. The van der Waals surface area contributed by atoms with E-state index in [-0.39, 0.29) is 0 Å². The maximum absolute atomic E-state index is 5.74. The molecule has 2 aromatic rings. The highest BCUT2D eigenvalue weighted by Gasteiger charge is 1.96. The second-order valence-corrected chi connectivity index (χ2v) is 3.78. The Morgan fingerprint density at radius 2 is 2.36 bits per heavy atom. The summed E-state index contributed by atoms with van der Waals surface area (Å²) in [6.45, 7) is 0.677.